The van der Waals surface area contributed by atoms with Crippen LogP contribution in [0.2, 0.25) is 0 Å². The van der Waals surface area contributed by atoms with Crippen LogP contribution in [0.3, 0.4) is 0 Å². The van der Waals surface area contributed by atoms with Crippen molar-refractivity contribution in [2.24, 2.45) is 5.92 Å². The van der Waals surface area contributed by atoms with Crippen LogP contribution < -0.4 is 5.32 Å². The molecular formula is C14H17F5N2. The molecule has 1 unspecified atom stereocenters. The van der Waals surface area contributed by atoms with Crippen molar-refractivity contribution < 1.29 is 22.0 Å². The summed E-state index contributed by atoms with van der Waals surface area (Å²) in [7, 11) is 0. The average molecular weight is 308 g/mol. The van der Waals surface area contributed by atoms with E-state index in [2.05, 4.69) is 10.2 Å². The maximum absolute atomic E-state index is 13.5. The predicted molar refractivity (Wildman–Crippen MR) is 69.5 cm³/mol. The normalized spacial score (nSPS) is 19.5. The minimum absolute atomic E-state index is 0.113. The fraction of sp³-hybridized carbons (Fsp3) is 0.571. The largest absolute Gasteiger partial charge is 0.380 e. The summed E-state index contributed by atoms with van der Waals surface area (Å²) in [5, 5.41) is 2.37. The molecule has 7 heteroatoms. The summed E-state index contributed by atoms with van der Waals surface area (Å²) in [6.45, 7) is 5.85. The number of benzene rings is 1. The van der Waals surface area contributed by atoms with Crippen molar-refractivity contribution in [2.75, 3.05) is 25.0 Å². The van der Waals surface area contributed by atoms with Gasteiger partial charge >= 0.3 is 0 Å². The topological polar surface area (TPSA) is 15.3 Å². The van der Waals surface area contributed by atoms with Crippen LogP contribution in [-0.4, -0.2) is 30.6 Å². The number of rotatable bonds is 4. The van der Waals surface area contributed by atoms with Gasteiger partial charge in [-0.3, -0.25) is 0 Å². The predicted octanol–water partition coefficient (Wildman–Crippen LogP) is 3.52. The first-order valence-electron chi connectivity index (χ1n) is 6.82. The zero-order chi connectivity index (χ0) is 15.7. The van der Waals surface area contributed by atoms with Gasteiger partial charge in [-0.05, 0) is 32.7 Å². The number of halogens is 5. The van der Waals surface area contributed by atoms with E-state index in [1.165, 1.54) is 0 Å². The van der Waals surface area contributed by atoms with Gasteiger partial charge in [0.15, 0.2) is 23.3 Å². The van der Waals surface area contributed by atoms with Crippen LogP contribution in [0.5, 0.6) is 0 Å². The molecule has 2 nitrogen and oxygen atoms in total. The average Bonchev–Trinajstić information content (AvgIpc) is 2.92. The van der Waals surface area contributed by atoms with Gasteiger partial charge in [-0.15, -0.1) is 0 Å². The lowest BCUT2D eigenvalue weighted by Gasteiger charge is -2.20. The number of hydrogen-bond acceptors (Lipinski definition) is 2. The third-order valence-electron chi connectivity index (χ3n) is 3.82. The van der Waals surface area contributed by atoms with Crippen LogP contribution in [0.4, 0.5) is 27.6 Å². The zero-order valence-electron chi connectivity index (χ0n) is 11.8. The Morgan fingerprint density at radius 1 is 1.00 bits per heavy atom. The Labute approximate surface area is 119 Å². The molecule has 1 atom stereocenters. The third-order valence-corrected chi connectivity index (χ3v) is 3.82. The molecule has 0 spiro atoms. The summed E-state index contributed by atoms with van der Waals surface area (Å²) < 4.78 is 66.0. The SMILES string of the molecule is CC(C)N1CCC(CNc2c(F)c(F)c(F)c(F)c2F)C1. The van der Waals surface area contributed by atoms with E-state index in [9.17, 15) is 22.0 Å². The Morgan fingerprint density at radius 2 is 1.52 bits per heavy atom. The lowest BCUT2D eigenvalue weighted by Crippen LogP contribution is -2.29. The van der Waals surface area contributed by atoms with Gasteiger partial charge in [0, 0.05) is 19.1 Å². The number of nitrogens with zero attached hydrogens (tertiary/aromatic N) is 1. The van der Waals surface area contributed by atoms with Gasteiger partial charge in [-0.25, -0.2) is 22.0 Å². The second-order valence-electron chi connectivity index (χ2n) is 5.57. The molecule has 0 radical (unpaired) electrons. The maximum Gasteiger partial charge on any atom is 0.200 e. The summed E-state index contributed by atoms with van der Waals surface area (Å²) in [4.78, 5) is 2.20. The maximum atomic E-state index is 13.5. The molecule has 0 bridgehead atoms. The Balaban J connectivity index is 2.08. The molecule has 0 aliphatic carbocycles. The quantitative estimate of drug-likeness (QED) is 0.520. The molecular weight excluding hydrogens is 291 g/mol. The van der Waals surface area contributed by atoms with E-state index in [4.69, 9.17) is 0 Å². The molecule has 0 aromatic heterocycles. The lowest BCUT2D eigenvalue weighted by atomic mass is 10.1. The summed E-state index contributed by atoms with van der Waals surface area (Å²) in [6.07, 6.45) is 0.820. The molecule has 118 valence electrons. The summed E-state index contributed by atoms with van der Waals surface area (Å²) in [6, 6.07) is 0.365. The molecule has 21 heavy (non-hydrogen) atoms. The van der Waals surface area contributed by atoms with Gasteiger partial charge in [0.1, 0.15) is 5.69 Å². The Bertz CT molecular complexity index is 504. The molecule has 2 rings (SSSR count). The summed E-state index contributed by atoms with van der Waals surface area (Å²) in [5.41, 5.74) is -0.950. The smallest absolute Gasteiger partial charge is 0.200 e. The van der Waals surface area contributed by atoms with Gasteiger partial charge in [0.2, 0.25) is 5.82 Å². The Morgan fingerprint density at radius 3 is 2.00 bits per heavy atom. The fourth-order valence-corrected chi connectivity index (χ4v) is 2.50. The number of anilines is 1. The minimum Gasteiger partial charge on any atom is -0.380 e. The van der Waals surface area contributed by atoms with E-state index < -0.39 is 34.8 Å². The number of likely N-dealkylation sites (tertiary alicyclic amines) is 1. The van der Waals surface area contributed by atoms with Gasteiger partial charge < -0.3 is 10.2 Å². The van der Waals surface area contributed by atoms with Crippen molar-refractivity contribution >= 4 is 5.69 Å². The summed E-state index contributed by atoms with van der Waals surface area (Å²) in [5.74, 6) is -9.50. The highest BCUT2D eigenvalue weighted by Gasteiger charge is 2.28. The molecule has 1 heterocycles. The fourth-order valence-electron chi connectivity index (χ4n) is 2.50. The number of nitrogens with one attached hydrogen (secondary N) is 1. The van der Waals surface area contributed by atoms with Gasteiger partial charge in [0.05, 0.1) is 0 Å². The van der Waals surface area contributed by atoms with E-state index in [1.54, 1.807) is 0 Å². The van der Waals surface area contributed by atoms with Gasteiger partial charge in [-0.1, -0.05) is 0 Å². The Hall–Kier alpha value is -1.37. The standard InChI is InChI=1S/C14H17F5N2/c1-7(2)21-4-3-8(6-21)5-20-14-12(18)10(16)9(15)11(17)13(14)19/h7-8,20H,3-6H2,1-2H3. The van der Waals surface area contributed by atoms with E-state index in [0.29, 0.717) is 6.04 Å². The number of hydrogen-bond donors (Lipinski definition) is 1. The summed E-state index contributed by atoms with van der Waals surface area (Å²) >= 11 is 0. The van der Waals surface area contributed by atoms with Crippen molar-refractivity contribution in [3.63, 3.8) is 0 Å². The zero-order valence-corrected chi connectivity index (χ0v) is 11.8. The first kappa shape index (κ1) is 16.0. The molecule has 0 saturated carbocycles. The van der Waals surface area contributed by atoms with Crippen LogP contribution in [0.25, 0.3) is 0 Å². The van der Waals surface area contributed by atoms with Crippen molar-refractivity contribution in [1.82, 2.24) is 4.90 Å². The van der Waals surface area contributed by atoms with E-state index in [-0.39, 0.29) is 12.5 Å². The van der Waals surface area contributed by atoms with Crippen LogP contribution >= 0.6 is 0 Å². The highest BCUT2D eigenvalue weighted by atomic mass is 19.2. The highest BCUT2D eigenvalue weighted by Crippen LogP contribution is 2.28. The molecule has 1 aromatic rings. The van der Waals surface area contributed by atoms with Crippen molar-refractivity contribution in [3.8, 4) is 0 Å². The first-order chi connectivity index (χ1) is 9.82. The van der Waals surface area contributed by atoms with Crippen LogP contribution in [0.15, 0.2) is 0 Å². The highest BCUT2D eigenvalue weighted by molar-refractivity contribution is 5.47. The first-order valence-corrected chi connectivity index (χ1v) is 6.82. The molecule has 1 aliphatic heterocycles. The molecule has 1 N–H and O–H groups in total. The lowest BCUT2D eigenvalue weighted by molar-refractivity contribution is 0.266. The van der Waals surface area contributed by atoms with Gasteiger partial charge in [-0.2, -0.15) is 0 Å². The molecule has 1 saturated heterocycles. The van der Waals surface area contributed by atoms with E-state index in [0.717, 1.165) is 19.5 Å². The van der Waals surface area contributed by atoms with Crippen molar-refractivity contribution in [3.05, 3.63) is 29.1 Å². The molecule has 1 fully saturated rings. The van der Waals surface area contributed by atoms with E-state index in [1.807, 2.05) is 13.8 Å². The second kappa shape index (κ2) is 6.17. The van der Waals surface area contributed by atoms with E-state index >= 15 is 0 Å². The second-order valence-corrected chi connectivity index (χ2v) is 5.57. The molecule has 1 aromatic carbocycles. The van der Waals surface area contributed by atoms with Crippen LogP contribution in [-0.2, 0) is 0 Å². The van der Waals surface area contributed by atoms with Crippen LogP contribution in [0, 0.1) is 35.0 Å². The minimum atomic E-state index is -2.14. The monoisotopic (exact) mass is 308 g/mol. The Kier molecular flexibility index (Phi) is 4.70. The van der Waals surface area contributed by atoms with Gasteiger partial charge in [0.25, 0.3) is 0 Å². The van der Waals surface area contributed by atoms with Crippen molar-refractivity contribution in [1.29, 1.82) is 0 Å². The third kappa shape index (κ3) is 3.12. The van der Waals surface area contributed by atoms with Crippen molar-refractivity contribution in [2.45, 2.75) is 26.3 Å². The molecule has 0 amide bonds. The molecule has 1 aliphatic rings. The van der Waals surface area contributed by atoms with Crippen LogP contribution in [0.1, 0.15) is 20.3 Å².